The summed E-state index contributed by atoms with van der Waals surface area (Å²) >= 11 is 0. The first-order chi connectivity index (χ1) is 18.0. The Bertz CT molecular complexity index is 1630. The Balaban J connectivity index is 1.26. The molecule has 37 heavy (non-hydrogen) atoms. The van der Waals surface area contributed by atoms with E-state index in [4.69, 9.17) is 0 Å². The highest BCUT2D eigenvalue weighted by molar-refractivity contribution is 6.04. The Labute approximate surface area is 211 Å². The van der Waals surface area contributed by atoms with E-state index in [0.29, 0.717) is 57.2 Å². The van der Waals surface area contributed by atoms with Crippen LogP contribution >= 0.6 is 0 Å². The molecule has 0 unspecified atom stereocenters. The number of carbonyl (C=O) groups is 1. The number of para-hydroxylation sites is 2. The number of pyridine rings is 1. The van der Waals surface area contributed by atoms with Crippen LogP contribution in [-0.4, -0.2) is 36.7 Å². The van der Waals surface area contributed by atoms with Crippen LogP contribution in [0, 0.1) is 17.9 Å². The molecule has 1 saturated carbocycles. The van der Waals surface area contributed by atoms with Crippen LogP contribution in [0.3, 0.4) is 0 Å². The second-order valence-electron chi connectivity index (χ2n) is 9.15. The number of nitrogens with zero attached hydrogens (tertiary/aromatic N) is 6. The molecule has 3 aromatic heterocycles. The monoisotopic (exact) mass is 495 g/mol. The van der Waals surface area contributed by atoms with Crippen LogP contribution in [0.1, 0.15) is 40.5 Å². The van der Waals surface area contributed by atoms with Crippen molar-refractivity contribution in [1.82, 2.24) is 30.0 Å². The van der Waals surface area contributed by atoms with E-state index >= 15 is 0 Å². The highest BCUT2D eigenvalue weighted by Gasteiger charge is 2.37. The molecule has 184 valence electrons. The molecule has 3 heterocycles. The molecule has 1 amide bonds. The molecule has 1 aliphatic carbocycles. The van der Waals surface area contributed by atoms with E-state index in [9.17, 15) is 14.4 Å². The molecule has 10 heteroatoms. The van der Waals surface area contributed by atoms with Crippen molar-refractivity contribution in [2.75, 3.05) is 0 Å². The maximum absolute atomic E-state index is 14.9. The molecule has 2 aromatic carbocycles. The molecule has 5 aromatic rings. The van der Waals surface area contributed by atoms with Gasteiger partial charge in [0.2, 0.25) is 5.52 Å². The Kier molecular flexibility index (Phi) is 5.56. The van der Waals surface area contributed by atoms with Crippen molar-refractivity contribution < 1.29 is 13.9 Å². The first kappa shape index (κ1) is 22.7. The fourth-order valence-corrected chi connectivity index (χ4v) is 4.68. The van der Waals surface area contributed by atoms with Gasteiger partial charge in [0, 0.05) is 24.2 Å². The number of benzene rings is 2. The van der Waals surface area contributed by atoms with E-state index in [-0.39, 0.29) is 23.7 Å². The Morgan fingerprint density at radius 2 is 1.92 bits per heavy atom. The summed E-state index contributed by atoms with van der Waals surface area (Å²) in [5.41, 5.74) is 2.97. The van der Waals surface area contributed by atoms with Gasteiger partial charge in [-0.05, 0) is 49.6 Å². The molecule has 0 saturated heterocycles. The summed E-state index contributed by atoms with van der Waals surface area (Å²) in [7, 11) is 0. The van der Waals surface area contributed by atoms with Crippen molar-refractivity contribution in [2.24, 2.45) is 0 Å². The average molecular weight is 496 g/mol. The van der Waals surface area contributed by atoms with Crippen molar-refractivity contribution in [3.8, 4) is 17.2 Å². The molecule has 9 nitrogen and oxygen atoms in total. The van der Waals surface area contributed by atoms with Gasteiger partial charge in [0.05, 0.1) is 17.4 Å². The maximum Gasteiger partial charge on any atom is 0.253 e. The first-order valence-electron chi connectivity index (χ1n) is 11.9. The van der Waals surface area contributed by atoms with Crippen molar-refractivity contribution in [3.05, 3.63) is 101 Å². The third kappa shape index (κ3) is 4.06. The number of nitrogens with one attached hydrogen (secondary N) is 1. The molecule has 1 N–H and O–H groups in total. The zero-order valence-electron chi connectivity index (χ0n) is 19.9. The average Bonchev–Trinajstić information content (AvgIpc) is 3.30. The van der Waals surface area contributed by atoms with Crippen LogP contribution in [0.4, 0.5) is 4.39 Å². The molecule has 6 rings (SSSR count). The van der Waals surface area contributed by atoms with Gasteiger partial charge in [-0.15, -0.1) is 10.2 Å². The predicted molar refractivity (Wildman–Crippen MR) is 133 cm³/mol. The van der Waals surface area contributed by atoms with E-state index in [2.05, 4.69) is 25.5 Å². The molecule has 0 bridgehead atoms. The van der Waals surface area contributed by atoms with E-state index in [0.717, 1.165) is 5.56 Å². The van der Waals surface area contributed by atoms with Crippen LogP contribution < -0.4 is 10.0 Å². The minimum absolute atomic E-state index is 0.0361. The van der Waals surface area contributed by atoms with Gasteiger partial charge >= 0.3 is 0 Å². The van der Waals surface area contributed by atoms with E-state index in [1.54, 1.807) is 47.2 Å². The van der Waals surface area contributed by atoms with Crippen molar-refractivity contribution in [3.63, 3.8) is 0 Å². The van der Waals surface area contributed by atoms with E-state index < -0.39 is 0 Å². The van der Waals surface area contributed by atoms with Crippen molar-refractivity contribution >= 4 is 16.9 Å². The largest absolute Gasteiger partial charge is 0.618 e. The number of amides is 1. The molecule has 0 radical (unpaired) electrons. The van der Waals surface area contributed by atoms with Gasteiger partial charge in [-0.3, -0.25) is 14.3 Å². The van der Waals surface area contributed by atoms with Gasteiger partial charge in [-0.2, -0.15) is 4.73 Å². The van der Waals surface area contributed by atoms with Gasteiger partial charge in [0.15, 0.2) is 12.0 Å². The summed E-state index contributed by atoms with van der Waals surface area (Å²) in [5, 5.41) is 23.9. The molecule has 0 atom stereocenters. The number of carbonyl (C=O) groups excluding carboxylic acids is 1. The fraction of sp³-hybridized carbons (Fsp3) is 0.185. The van der Waals surface area contributed by atoms with Gasteiger partial charge in [-0.1, -0.05) is 24.3 Å². The van der Waals surface area contributed by atoms with Gasteiger partial charge < -0.3 is 10.5 Å². The molecule has 0 spiro atoms. The number of fused-ring (bicyclic) bond motifs is 1. The number of rotatable bonds is 5. The number of aryl methyl sites for hydroxylation is 1. The van der Waals surface area contributed by atoms with Crippen LogP contribution in [0.15, 0.2) is 73.2 Å². The minimum atomic E-state index is -0.389. The second kappa shape index (κ2) is 9.05. The smallest absolute Gasteiger partial charge is 0.253 e. The highest BCUT2D eigenvalue weighted by atomic mass is 19.1. The summed E-state index contributed by atoms with van der Waals surface area (Å²) < 4.78 is 17.3. The summed E-state index contributed by atoms with van der Waals surface area (Å²) in [6, 6.07) is 15.1. The molecular weight excluding hydrogens is 473 g/mol. The van der Waals surface area contributed by atoms with Crippen LogP contribution in [-0.2, 0) is 0 Å². The number of hydrogen-bond acceptors (Lipinski definition) is 6. The lowest BCUT2D eigenvalue weighted by Crippen LogP contribution is -2.44. The number of aromatic nitrogens is 6. The van der Waals surface area contributed by atoms with Crippen LogP contribution in [0.25, 0.3) is 28.2 Å². The minimum Gasteiger partial charge on any atom is -0.618 e. The summed E-state index contributed by atoms with van der Waals surface area (Å²) in [5.74, 6) is 0.353. The quantitative estimate of drug-likeness (QED) is 0.294. The Morgan fingerprint density at radius 3 is 2.70 bits per heavy atom. The van der Waals surface area contributed by atoms with Gasteiger partial charge in [-0.25, -0.2) is 9.37 Å². The third-order valence-corrected chi connectivity index (χ3v) is 6.66. The Morgan fingerprint density at radius 1 is 1.08 bits per heavy atom. The van der Waals surface area contributed by atoms with Crippen LogP contribution in [0.2, 0.25) is 0 Å². The summed E-state index contributed by atoms with van der Waals surface area (Å²) in [6.45, 7) is 1.94. The molecular formula is C27H22FN7O2. The SMILES string of the molecule is Cc1ccc(-c2nnc([C@H]3C[C@H](NC(=O)c4cccc5c4ncc[n+]5[O-])C3)n2-c2ccccc2F)nc1. The first-order valence-corrected chi connectivity index (χ1v) is 11.9. The zero-order chi connectivity index (χ0) is 25.5. The number of halogens is 1. The van der Waals surface area contributed by atoms with Crippen molar-refractivity contribution in [2.45, 2.75) is 31.7 Å². The highest BCUT2D eigenvalue weighted by Crippen LogP contribution is 2.39. The molecule has 1 aliphatic rings. The van der Waals surface area contributed by atoms with Crippen molar-refractivity contribution in [1.29, 1.82) is 0 Å². The third-order valence-electron chi connectivity index (χ3n) is 6.66. The standard InChI is InChI=1S/C27H22FN7O2/c1-16-9-10-21(30-15-16)26-33-32-25(35(26)22-7-3-2-6-20(22)28)17-13-18(14-17)31-27(36)19-5-4-8-23-24(19)29-11-12-34(23)37/h2-12,15,17-18H,13-14H2,1H3,(H,31,36)/t17-,18-. The van der Waals surface area contributed by atoms with Gasteiger partial charge in [0.1, 0.15) is 22.9 Å². The maximum atomic E-state index is 14.9. The lowest BCUT2D eigenvalue weighted by molar-refractivity contribution is -0.577. The number of hydrogen-bond donors (Lipinski definition) is 1. The normalized spacial score (nSPS) is 16.9. The van der Waals surface area contributed by atoms with E-state index in [1.165, 1.54) is 18.5 Å². The lowest BCUT2D eigenvalue weighted by Gasteiger charge is -2.35. The second-order valence-corrected chi connectivity index (χ2v) is 9.15. The lowest BCUT2D eigenvalue weighted by atomic mass is 9.79. The van der Waals surface area contributed by atoms with E-state index in [1.807, 2.05) is 19.1 Å². The zero-order valence-corrected chi connectivity index (χ0v) is 19.9. The fourth-order valence-electron chi connectivity index (χ4n) is 4.68. The summed E-state index contributed by atoms with van der Waals surface area (Å²) in [6.07, 6.45) is 5.63. The Hall–Kier alpha value is -4.73. The summed E-state index contributed by atoms with van der Waals surface area (Å²) in [4.78, 5) is 21.7. The van der Waals surface area contributed by atoms with Crippen LogP contribution in [0.5, 0.6) is 0 Å². The van der Waals surface area contributed by atoms with Gasteiger partial charge in [0.25, 0.3) is 5.91 Å². The predicted octanol–water partition coefficient (Wildman–Crippen LogP) is 3.63. The molecule has 1 fully saturated rings. The molecule has 0 aliphatic heterocycles. The topological polar surface area (TPSA) is 113 Å².